The Morgan fingerprint density at radius 2 is 1.75 bits per heavy atom. The highest BCUT2D eigenvalue weighted by Gasteiger charge is 2.26. The fourth-order valence-corrected chi connectivity index (χ4v) is 4.65. The van der Waals surface area contributed by atoms with Crippen molar-refractivity contribution in [1.29, 1.82) is 0 Å². The summed E-state index contributed by atoms with van der Waals surface area (Å²) in [4.78, 5) is 45.2. The van der Waals surface area contributed by atoms with E-state index in [1.165, 1.54) is 25.4 Å². The molecule has 226 valence electrons. The lowest BCUT2D eigenvalue weighted by molar-refractivity contribution is 0.101. The van der Waals surface area contributed by atoms with Crippen molar-refractivity contribution in [2.75, 3.05) is 37.2 Å². The van der Waals surface area contributed by atoms with Crippen molar-refractivity contribution < 1.29 is 13.9 Å². The Labute approximate surface area is 252 Å². The number of hydrogen-bond donors (Lipinski definition) is 3. The van der Waals surface area contributed by atoms with E-state index in [1.54, 1.807) is 30.3 Å². The van der Waals surface area contributed by atoms with Crippen molar-refractivity contribution in [1.82, 2.24) is 29.5 Å². The summed E-state index contributed by atoms with van der Waals surface area (Å²) < 4.78 is 21.1. The maximum atomic E-state index is 13.4. The molecule has 1 aliphatic heterocycles. The molecule has 1 fully saturated rings. The highest BCUT2D eigenvalue weighted by Crippen LogP contribution is 2.28. The molecule has 1 saturated heterocycles. The zero-order valence-electron chi connectivity index (χ0n) is 24.4. The number of anilines is 2. The van der Waals surface area contributed by atoms with Crippen molar-refractivity contribution in [3.8, 4) is 29.0 Å². The van der Waals surface area contributed by atoms with Gasteiger partial charge in [0, 0.05) is 51.2 Å². The molecule has 0 aliphatic carbocycles. The number of benzene rings is 2. The number of nitrogens with two attached hydrogens (primary N) is 1. The molecule has 4 N–H and O–H groups in total. The van der Waals surface area contributed by atoms with Gasteiger partial charge in [-0.1, -0.05) is 11.8 Å². The molecule has 3 heterocycles. The molecule has 0 atom stereocenters. The van der Waals surface area contributed by atoms with E-state index in [-0.39, 0.29) is 17.0 Å². The number of ether oxygens (including phenoxy) is 1. The number of carbonyl (C=O) groups excluding carboxylic acids is 1. The van der Waals surface area contributed by atoms with Crippen LogP contribution in [-0.2, 0) is 7.05 Å². The minimum Gasteiger partial charge on any atom is -0.456 e. The first-order chi connectivity index (χ1) is 21.0. The molecule has 0 saturated carbocycles. The van der Waals surface area contributed by atoms with Gasteiger partial charge < -0.3 is 21.1 Å². The van der Waals surface area contributed by atoms with Crippen molar-refractivity contribution in [2.24, 2.45) is 7.05 Å². The predicted molar refractivity (Wildman–Crippen MR) is 164 cm³/mol. The number of rotatable bonds is 6. The molecule has 1 amide bonds. The normalized spacial score (nSPS) is 13.5. The topological polar surface area (TPSA) is 149 Å². The Morgan fingerprint density at radius 1 is 1.07 bits per heavy atom. The minimum absolute atomic E-state index is 0.100. The van der Waals surface area contributed by atoms with Crippen LogP contribution >= 0.6 is 0 Å². The van der Waals surface area contributed by atoms with Crippen LogP contribution in [0.3, 0.4) is 0 Å². The predicted octanol–water partition coefficient (Wildman–Crippen LogP) is 2.13. The second-order valence-electron chi connectivity index (χ2n) is 10.6. The first-order valence-electron chi connectivity index (χ1n) is 13.8. The lowest BCUT2D eigenvalue weighted by Gasteiger charge is -2.37. The summed E-state index contributed by atoms with van der Waals surface area (Å²) in [5, 5.41) is 9.80. The molecule has 4 aromatic rings. The van der Waals surface area contributed by atoms with Gasteiger partial charge in [-0.15, -0.1) is 0 Å². The van der Waals surface area contributed by atoms with Crippen LogP contribution in [-0.4, -0.2) is 61.9 Å². The monoisotopic (exact) mass is 598 g/mol. The zero-order valence-corrected chi connectivity index (χ0v) is 24.4. The molecule has 13 heteroatoms. The van der Waals surface area contributed by atoms with Gasteiger partial charge in [-0.05, 0) is 62.4 Å². The highest BCUT2D eigenvalue weighted by molar-refractivity contribution is 6.02. The van der Waals surface area contributed by atoms with E-state index in [1.807, 2.05) is 0 Å². The van der Waals surface area contributed by atoms with Crippen LogP contribution in [0.5, 0.6) is 11.5 Å². The van der Waals surface area contributed by atoms with E-state index >= 15 is 0 Å². The SMILES string of the molecule is Cn1nc(C(=O)Nc2ccc(Oc3ccnc(N)c3C#CC(C)(C)N3CCNCC3)cc2)c(=O)n(-c2ccc(F)cc2)c1=O. The van der Waals surface area contributed by atoms with E-state index in [2.05, 4.69) is 51.3 Å². The molecular weight excluding hydrogens is 567 g/mol. The van der Waals surface area contributed by atoms with Crippen LogP contribution < -0.4 is 32.4 Å². The number of pyridine rings is 1. The summed E-state index contributed by atoms with van der Waals surface area (Å²) >= 11 is 0. The van der Waals surface area contributed by atoms with Gasteiger partial charge in [0.25, 0.3) is 11.5 Å². The largest absolute Gasteiger partial charge is 0.456 e. The van der Waals surface area contributed by atoms with Gasteiger partial charge in [0.1, 0.15) is 28.7 Å². The number of amides is 1. The van der Waals surface area contributed by atoms with Crippen LogP contribution in [0, 0.1) is 17.7 Å². The number of nitrogens with one attached hydrogen (secondary N) is 2. The molecule has 44 heavy (non-hydrogen) atoms. The number of piperazine rings is 1. The summed E-state index contributed by atoms with van der Waals surface area (Å²) in [6.45, 7) is 7.71. The minimum atomic E-state index is -0.943. The van der Waals surface area contributed by atoms with E-state index in [4.69, 9.17) is 10.5 Å². The van der Waals surface area contributed by atoms with Gasteiger partial charge in [-0.3, -0.25) is 14.5 Å². The Bertz CT molecular complexity index is 1870. The molecule has 0 bridgehead atoms. The van der Waals surface area contributed by atoms with E-state index in [0.29, 0.717) is 22.7 Å². The standard InChI is InChI=1S/C31H31FN8O4/c1-31(2,39-18-16-34-17-19-39)14-12-24-25(13-15-35-27(24)33)44-23-10-6-21(7-11-23)36-28(41)26-29(42)40(30(43)38(3)37-26)22-8-4-20(32)5-9-22/h4-11,13,15,34H,16-19H2,1-3H3,(H2,33,35)(H,36,41). The van der Waals surface area contributed by atoms with Crippen molar-refractivity contribution >= 4 is 17.4 Å². The Morgan fingerprint density at radius 3 is 2.43 bits per heavy atom. The Kier molecular flexibility index (Phi) is 8.57. The maximum Gasteiger partial charge on any atom is 0.351 e. The van der Waals surface area contributed by atoms with Crippen LogP contribution in [0.2, 0.25) is 0 Å². The second kappa shape index (κ2) is 12.5. The number of nitrogens with zero attached hydrogens (tertiary/aromatic N) is 5. The molecule has 0 radical (unpaired) electrons. The lowest BCUT2D eigenvalue weighted by atomic mass is 10.0. The maximum absolute atomic E-state index is 13.4. The summed E-state index contributed by atoms with van der Waals surface area (Å²) in [6.07, 6.45) is 1.53. The molecular formula is C31H31FN8O4. The number of aromatic nitrogens is 4. The van der Waals surface area contributed by atoms with Crippen LogP contribution in [0.1, 0.15) is 29.9 Å². The van der Waals surface area contributed by atoms with Crippen LogP contribution in [0.4, 0.5) is 15.9 Å². The fraction of sp³-hybridized carbons (Fsp3) is 0.258. The molecule has 1 aliphatic rings. The van der Waals surface area contributed by atoms with Crippen molar-refractivity contribution in [2.45, 2.75) is 19.4 Å². The Balaban J connectivity index is 1.34. The number of hydrogen-bond acceptors (Lipinski definition) is 9. The zero-order chi connectivity index (χ0) is 31.4. The third-order valence-electron chi connectivity index (χ3n) is 7.11. The smallest absolute Gasteiger partial charge is 0.351 e. The third kappa shape index (κ3) is 6.51. The molecule has 2 aromatic carbocycles. The molecule has 0 unspecified atom stereocenters. The van der Waals surface area contributed by atoms with Crippen molar-refractivity contribution in [3.05, 3.63) is 98.7 Å². The first kappa shape index (κ1) is 30.1. The van der Waals surface area contributed by atoms with Gasteiger partial charge in [0.2, 0.25) is 5.69 Å². The Hall–Kier alpha value is -5.32. The quantitative estimate of drug-likeness (QED) is 0.284. The average molecular weight is 599 g/mol. The number of aryl methyl sites for hydroxylation is 1. The molecule has 2 aromatic heterocycles. The van der Waals surface area contributed by atoms with Gasteiger partial charge >= 0.3 is 5.69 Å². The average Bonchev–Trinajstić information content (AvgIpc) is 3.01. The van der Waals surface area contributed by atoms with Gasteiger partial charge in [0.05, 0.1) is 11.2 Å². The third-order valence-corrected chi connectivity index (χ3v) is 7.11. The fourth-order valence-electron chi connectivity index (χ4n) is 4.65. The number of nitrogen functional groups attached to an aromatic ring is 1. The molecule has 5 rings (SSSR count). The summed E-state index contributed by atoms with van der Waals surface area (Å²) in [5.41, 5.74) is 4.45. The lowest BCUT2D eigenvalue weighted by Crippen LogP contribution is -2.52. The van der Waals surface area contributed by atoms with E-state index in [0.717, 1.165) is 47.6 Å². The van der Waals surface area contributed by atoms with Gasteiger partial charge in [0.15, 0.2) is 0 Å². The summed E-state index contributed by atoms with van der Waals surface area (Å²) in [5.74, 6) is 6.22. The number of halogens is 1. The first-order valence-corrected chi connectivity index (χ1v) is 13.8. The highest BCUT2D eigenvalue weighted by atomic mass is 19.1. The van der Waals surface area contributed by atoms with Gasteiger partial charge in [-0.2, -0.15) is 5.10 Å². The molecule has 12 nitrogen and oxygen atoms in total. The number of carbonyl (C=O) groups is 1. The summed E-state index contributed by atoms with van der Waals surface area (Å²) in [6, 6.07) is 12.8. The van der Waals surface area contributed by atoms with Gasteiger partial charge in [-0.25, -0.2) is 23.4 Å². The summed E-state index contributed by atoms with van der Waals surface area (Å²) in [7, 11) is 1.31. The second-order valence-corrected chi connectivity index (χ2v) is 10.6. The molecule has 0 spiro atoms. The van der Waals surface area contributed by atoms with E-state index in [9.17, 15) is 18.8 Å². The van der Waals surface area contributed by atoms with Crippen LogP contribution in [0.15, 0.2) is 70.4 Å². The van der Waals surface area contributed by atoms with E-state index < -0.39 is 28.7 Å². The van der Waals surface area contributed by atoms with Crippen LogP contribution in [0.25, 0.3) is 5.69 Å². The van der Waals surface area contributed by atoms with Crippen molar-refractivity contribution in [3.63, 3.8) is 0 Å².